The molecule has 0 spiro atoms. The van der Waals surface area contributed by atoms with Crippen LogP contribution in [0.4, 0.5) is 14.5 Å². The Kier molecular flexibility index (Phi) is 11.6. The van der Waals surface area contributed by atoms with Crippen LogP contribution >= 0.6 is 0 Å². The van der Waals surface area contributed by atoms with E-state index in [-0.39, 0.29) is 49.4 Å². The standard InChI is InChI=1S/C32H39F2N3O4S/c1-23(2)21-35-32(39)30(19-25-12-6-5-7-13-25)36(22-26-14-9-8-11-24(26)3)31(38)15-10-18-37(42(4,40)41)27-16-17-28(33)29(34)20-27/h5-9,11-14,16-17,20,23,30H,10,15,18-19,21-22H2,1-4H3,(H,35,39). The molecule has 0 heterocycles. The van der Waals surface area contributed by atoms with E-state index in [9.17, 15) is 26.8 Å². The van der Waals surface area contributed by atoms with E-state index < -0.39 is 27.7 Å². The minimum atomic E-state index is -3.85. The van der Waals surface area contributed by atoms with Crippen LogP contribution in [0.2, 0.25) is 0 Å². The first kappa shape index (κ1) is 32.7. The Morgan fingerprint density at radius 2 is 1.60 bits per heavy atom. The van der Waals surface area contributed by atoms with Crippen LogP contribution in [0.25, 0.3) is 0 Å². The summed E-state index contributed by atoms with van der Waals surface area (Å²) in [5, 5.41) is 2.98. The van der Waals surface area contributed by atoms with Crippen molar-refractivity contribution in [3.05, 3.63) is 101 Å². The Hall–Kier alpha value is -3.79. The van der Waals surface area contributed by atoms with Crippen LogP contribution in [-0.4, -0.2) is 50.5 Å². The van der Waals surface area contributed by atoms with Crippen molar-refractivity contribution in [3.63, 3.8) is 0 Å². The number of sulfonamides is 1. The van der Waals surface area contributed by atoms with Crippen molar-refractivity contribution in [3.8, 4) is 0 Å². The molecule has 0 fully saturated rings. The Labute approximate surface area is 247 Å². The molecule has 1 N–H and O–H groups in total. The summed E-state index contributed by atoms with van der Waals surface area (Å²) in [5.41, 5.74) is 2.72. The summed E-state index contributed by atoms with van der Waals surface area (Å²) in [4.78, 5) is 29.0. The van der Waals surface area contributed by atoms with Crippen molar-refractivity contribution < 1.29 is 26.8 Å². The third-order valence-corrected chi connectivity index (χ3v) is 8.09. The van der Waals surface area contributed by atoms with Gasteiger partial charge in [-0.2, -0.15) is 0 Å². The van der Waals surface area contributed by atoms with Gasteiger partial charge in [-0.3, -0.25) is 13.9 Å². The van der Waals surface area contributed by atoms with Gasteiger partial charge in [0.25, 0.3) is 0 Å². The highest BCUT2D eigenvalue weighted by Gasteiger charge is 2.31. The van der Waals surface area contributed by atoms with Crippen molar-refractivity contribution >= 4 is 27.5 Å². The van der Waals surface area contributed by atoms with Gasteiger partial charge >= 0.3 is 0 Å². The number of anilines is 1. The first-order valence-electron chi connectivity index (χ1n) is 13.9. The molecule has 3 aromatic carbocycles. The van der Waals surface area contributed by atoms with Crippen molar-refractivity contribution in [2.24, 2.45) is 5.92 Å². The SMILES string of the molecule is Cc1ccccc1CN(C(=O)CCCN(c1ccc(F)c(F)c1)S(C)(=O)=O)C(Cc1ccccc1)C(=O)NCC(C)C. The average Bonchev–Trinajstić information content (AvgIpc) is 2.94. The molecule has 0 aliphatic heterocycles. The largest absolute Gasteiger partial charge is 0.354 e. The van der Waals surface area contributed by atoms with Gasteiger partial charge in [-0.15, -0.1) is 0 Å². The molecular formula is C32H39F2N3O4S. The Morgan fingerprint density at radius 1 is 0.929 bits per heavy atom. The van der Waals surface area contributed by atoms with Gasteiger partial charge in [-0.25, -0.2) is 17.2 Å². The number of benzene rings is 3. The molecule has 0 bridgehead atoms. The number of halogens is 2. The minimum absolute atomic E-state index is 0.0318. The Morgan fingerprint density at radius 3 is 2.21 bits per heavy atom. The zero-order valence-electron chi connectivity index (χ0n) is 24.5. The third-order valence-electron chi connectivity index (χ3n) is 6.90. The molecule has 0 saturated carbocycles. The van der Waals surface area contributed by atoms with E-state index in [1.807, 2.05) is 75.4 Å². The molecule has 1 atom stereocenters. The summed E-state index contributed by atoms with van der Waals surface area (Å²) in [7, 11) is -3.85. The maximum atomic E-state index is 13.9. The van der Waals surface area contributed by atoms with Crippen LogP contribution in [0.1, 0.15) is 43.4 Å². The number of hydrogen-bond donors (Lipinski definition) is 1. The highest BCUT2D eigenvalue weighted by Crippen LogP contribution is 2.22. The summed E-state index contributed by atoms with van der Waals surface area (Å²) < 4.78 is 53.3. The second-order valence-corrected chi connectivity index (χ2v) is 12.7. The topological polar surface area (TPSA) is 86.8 Å². The van der Waals surface area contributed by atoms with Crippen molar-refractivity contribution in [2.75, 3.05) is 23.7 Å². The smallest absolute Gasteiger partial charge is 0.243 e. The lowest BCUT2D eigenvalue weighted by atomic mass is 10.0. The number of nitrogens with zero attached hydrogens (tertiary/aromatic N) is 2. The van der Waals surface area contributed by atoms with Gasteiger partial charge in [-0.05, 0) is 48.1 Å². The van der Waals surface area contributed by atoms with Crippen LogP contribution in [0.3, 0.4) is 0 Å². The van der Waals surface area contributed by atoms with Gasteiger partial charge in [0, 0.05) is 38.5 Å². The fraction of sp³-hybridized carbons (Fsp3) is 0.375. The summed E-state index contributed by atoms with van der Waals surface area (Å²) >= 11 is 0. The molecule has 10 heteroatoms. The maximum absolute atomic E-state index is 13.9. The molecule has 42 heavy (non-hydrogen) atoms. The molecule has 0 radical (unpaired) electrons. The summed E-state index contributed by atoms with van der Waals surface area (Å²) in [6, 6.07) is 19.1. The third kappa shape index (κ3) is 9.37. The van der Waals surface area contributed by atoms with Crippen molar-refractivity contribution in [1.29, 1.82) is 0 Å². The van der Waals surface area contributed by atoms with Gasteiger partial charge in [0.1, 0.15) is 6.04 Å². The van der Waals surface area contributed by atoms with E-state index in [2.05, 4.69) is 5.32 Å². The molecule has 0 aromatic heterocycles. The highest BCUT2D eigenvalue weighted by atomic mass is 32.2. The molecule has 2 amide bonds. The molecular weight excluding hydrogens is 560 g/mol. The van der Waals surface area contributed by atoms with E-state index in [1.165, 1.54) is 6.07 Å². The van der Waals surface area contributed by atoms with Gasteiger partial charge in [-0.1, -0.05) is 68.4 Å². The lowest BCUT2D eigenvalue weighted by molar-refractivity contribution is -0.141. The van der Waals surface area contributed by atoms with E-state index in [4.69, 9.17) is 0 Å². The van der Waals surface area contributed by atoms with Crippen LogP contribution in [-0.2, 0) is 32.6 Å². The number of nitrogens with one attached hydrogen (secondary N) is 1. The van der Waals surface area contributed by atoms with Gasteiger partial charge in [0.05, 0.1) is 11.9 Å². The van der Waals surface area contributed by atoms with Crippen LogP contribution < -0.4 is 9.62 Å². The monoisotopic (exact) mass is 599 g/mol. The number of hydrogen-bond acceptors (Lipinski definition) is 4. The molecule has 3 rings (SSSR count). The second-order valence-electron chi connectivity index (χ2n) is 10.8. The zero-order chi connectivity index (χ0) is 30.9. The van der Waals surface area contributed by atoms with E-state index in [0.717, 1.165) is 39.4 Å². The molecule has 7 nitrogen and oxygen atoms in total. The minimum Gasteiger partial charge on any atom is -0.354 e. The lowest BCUT2D eigenvalue weighted by Crippen LogP contribution is -2.51. The zero-order valence-corrected chi connectivity index (χ0v) is 25.3. The highest BCUT2D eigenvalue weighted by molar-refractivity contribution is 7.92. The fourth-order valence-electron chi connectivity index (χ4n) is 4.59. The Balaban J connectivity index is 1.89. The molecule has 3 aromatic rings. The Bertz CT molecular complexity index is 1470. The van der Waals surface area contributed by atoms with E-state index in [1.54, 1.807) is 4.90 Å². The summed E-state index contributed by atoms with van der Waals surface area (Å²) in [6.45, 7) is 6.43. The van der Waals surface area contributed by atoms with Crippen molar-refractivity contribution in [2.45, 2.75) is 52.6 Å². The van der Waals surface area contributed by atoms with E-state index in [0.29, 0.717) is 13.0 Å². The normalized spacial score (nSPS) is 12.2. The number of rotatable bonds is 14. The van der Waals surface area contributed by atoms with Gasteiger partial charge < -0.3 is 10.2 Å². The second kappa shape index (κ2) is 14.9. The molecule has 1 unspecified atom stereocenters. The summed E-state index contributed by atoms with van der Waals surface area (Å²) in [5.74, 6) is -2.64. The van der Waals surface area contributed by atoms with Gasteiger partial charge in [0.15, 0.2) is 11.6 Å². The number of amides is 2. The van der Waals surface area contributed by atoms with E-state index >= 15 is 0 Å². The van der Waals surface area contributed by atoms with Crippen molar-refractivity contribution in [1.82, 2.24) is 10.2 Å². The quantitative estimate of drug-likeness (QED) is 0.275. The predicted molar refractivity (Wildman–Crippen MR) is 161 cm³/mol. The molecule has 0 aliphatic rings. The predicted octanol–water partition coefficient (Wildman–Crippen LogP) is 5.23. The first-order valence-corrected chi connectivity index (χ1v) is 15.8. The first-order chi connectivity index (χ1) is 19.9. The van der Waals surface area contributed by atoms with Crippen LogP contribution in [0, 0.1) is 24.5 Å². The molecule has 0 aliphatic carbocycles. The van der Waals surface area contributed by atoms with Gasteiger partial charge in [0.2, 0.25) is 21.8 Å². The molecule has 226 valence electrons. The molecule has 0 saturated heterocycles. The lowest BCUT2D eigenvalue weighted by Gasteiger charge is -2.32. The maximum Gasteiger partial charge on any atom is 0.243 e. The fourth-order valence-corrected chi connectivity index (χ4v) is 5.55. The summed E-state index contributed by atoms with van der Waals surface area (Å²) in [6.07, 6.45) is 1.30. The number of aryl methyl sites for hydroxylation is 1. The van der Waals surface area contributed by atoms with Crippen LogP contribution in [0.15, 0.2) is 72.8 Å². The average molecular weight is 600 g/mol. The number of carbonyl (C=O) groups is 2. The van der Waals surface area contributed by atoms with Crippen LogP contribution in [0.5, 0.6) is 0 Å². The number of carbonyl (C=O) groups excluding carboxylic acids is 2.